The molecule has 88 valence electrons. The van der Waals surface area contributed by atoms with E-state index in [1.54, 1.807) is 26.5 Å². The minimum atomic E-state index is 0.417. The summed E-state index contributed by atoms with van der Waals surface area (Å²) in [5.41, 5.74) is 6.38. The minimum Gasteiger partial charge on any atom is -0.493 e. The van der Waals surface area contributed by atoms with Gasteiger partial charge in [0, 0.05) is 6.20 Å². The SMILES string of the molecule is COc1cccc(-c2nccc(N)n2)c1OC. The maximum Gasteiger partial charge on any atom is 0.171 e. The Morgan fingerprint density at radius 3 is 2.59 bits per heavy atom. The van der Waals surface area contributed by atoms with Gasteiger partial charge in [-0.15, -0.1) is 0 Å². The first-order chi connectivity index (χ1) is 8.26. The Hall–Kier alpha value is -2.30. The molecule has 0 amide bonds. The number of nitrogens with zero attached hydrogens (tertiary/aromatic N) is 2. The van der Waals surface area contributed by atoms with Crippen LogP contribution in [0.15, 0.2) is 30.5 Å². The number of nitrogen functional groups attached to an aromatic ring is 1. The lowest BCUT2D eigenvalue weighted by Gasteiger charge is -2.11. The maximum absolute atomic E-state index is 5.63. The lowest BCUT2D eigenvalue weighted by Crippen LogP contribution is -1.98. The van der Waals surface area contributed by atoms with E-state index in [9.17, 15) is 0 Å². The van der Waals surface area contributed by atoms with E-state index in [0.717, 1.165) is 5.56 Å². The van der Waals surface area contributed by atoms with Crippen LogP contribution in [0.3, 0.4) is 0 Å². The average Bonchev–Trinajstić information content (AvgIpc) is 2.37. The summed E-state index contributed by atoms with van der Waals surface area (Å²) in [4.78, 5) is 8.33. The van der Waals surface area contributed by atoms with Crippen LogP contribution in [0, 0.1) is 0 Å². The van der Waals surface area contributed by atoms with E-state index in [-0.39, 0.29) is 0 Å². The average molecular weight is 231 g/mol. The Morgan fingerprint density at radius 1 is 1.12 bits per heavy atom. The molecule has 5 heteroatoms. The smallest absolute Gasteiger partial charge is 0.171 e. The number of benzene rings is 1. The van der Waals surface area contributed by atoms with Crippen LogP contribution in [-0.4, -0.2) is 24.2 Å². The largest absolute Gasteiger partial charge is 0.493 e. The second-order valence-electron chi connectivity index (χ2n) is 3.35. The van der Waals surface area contributed by atoms with Crippen molar-refractivity contribution in [3.8, 4) is 22.9 Å². The number of aromatic nitrogens is 2. The Morgan fingerprint density at radius 2 is 1.94 bits per heavy atom. The molecule has 17 heavy (non-hydrogen) atoms. The molecule has 0 aliphatic rings. The summed E-state index contributed by atoms with van der Waals surface area (Å²) in [6.45, 7) is 0. The standard InChI is InChI=1S/C12H13N3O2/c1-16-9-5-3-4-8(11(9)17-2)12-14-7-6-10(13)15-12/h3-7H,1-2H3,(H2,13,14,15). The fraction of sp³-hybridized carbons (Fsp3) is 0.167. The molecule has 1 aromatic heterocycles. The van der Waals surface area contributed by atoms with E-state index in [1.807, 2.05) is 18.2 Å². The molecule has 2 aromatic rings. The van der Waals surface area contributed by atoms with E-state index >= 15 is 0 Å². The Bertz CT molecular complexity index is 529. The zero-order chi connectivity index (χ0) is 12.3. The number of hydrogen-bond donors (Lipinski definition) is 1. The van der Waals surface area contributed by atoms with Gasteiger partial charge >= 0.3 is 0 Å². The molecule has 5 nitrogen and oxygen atoms in total. The summed E-state index contributed by atoms with van der Waals surface area (Å²) in [5, 5.41) is 0. The predicted octanol–water partition coefficient (Wildman–Crippen LogP) is 1.74. The fourth-order valence-corrected chi connectivity index (χ4v) is 1.57. The lowest BCUT2D eigenvalue weighted by atomic mass is 10.1. The monoisotopic (exact) mass is 231 g/mol. The molecular weight excluding hydrogens is 218 g/mol. The van der Waals surface area contributed by atoms with Gasteiger partial charge in [-0.05, 0) is 18.2 Å². The summed E-state index contributed by atoms with van der Waals surface area (Å²) < 4.78 is 10.5. The molecular formula is C12H13N3O2. The second kappa shape index (κ2) is 4.69. The summed E-state index contributed by atoms with van der Waals surface area (Å²) in [6.07, 6.45) is 1.61. The van der Waals surface area contributed by atoms with Crippen molar-refractivity contribution in [2.24, 2.45) is 0 Å². The predicted molar refractivity (Wildman–Crippen MR) is 65.0 cm³/mol. The Balaban J connectivity index is 2.59. The van der Waals surface area contributed by atoms with Crippen molar-refractivity contribution in [2.45, 2.75) is 0 Å². The lowest BCUT2D eigenvalue weighted by molar-refractivity contribution is 0.356. The van der Waals surface area contributed by atoms with Gasteiger partial charge in [-0.3, -0.25) is 0 Å². The number of hydrogen-bond acceptors (Lipinski definition) is 5. The van der Waals surface area contributed by atoms with E-state index in [4.69, 9.17) is 15.2 Å². The fourth-order valence-electron chi connectivity index (χ4n) is 1.57. The molecule has 0 spiro atoms. The molecule has 0 saturated carbocycles. The first kappa shape index (κ1) is 11.2. The Labute approximate surface area is 99.2 Å². The van der Waals surface area contributed by atoms with Crippen molar-refractivity contribution in [3.05, 3.63) is 30.5 Å². The van der Waals surface area contributed by atoms with E-state index < -0.39 is 0 Å². The highest BCUT2D eigenvalue weighted by atomic mass is 16.5. The molecule has 1 aromatic carbocycles. The van der Waals surface area contributed by atoms with E-state index in [1.165, 1.54) is 0 Å². The molecule has 0 saturated heterocycles. The molecule has 0 aliphatic carbocycles. The van der Waals surface area contributed by atoms with Crippen molar-refractivity contribution in [1.82, 2.24) is 9.97 Å². The van der Waals surface area contributed by atoms with Gasteiger partial charge in [0.2, 0.25) is 0 Å². The zero-order valence-electron chi connectivity index (χ0n) is 9.68. The number of rotatable bonds is 3. The number of methoxy groups -OCH3 is 2. The third-order valence-corrected chi connectivity index (χ3v) is 2.32. The molecule has 0 fully saturated rings. The van der Waals surface area contributed by atoms with Crippen molar-refractivity contribution in [3.63, 3.8) is 0 Å². The van der Waals surface area contributed by atoms with Crippen LogP contribution >= 0.6 is 0 Å². The van der Waals surface area contributed by atoms with Crippen molar-refractivity contribution in [2.75, 3.05) is 20.0 Å². The normalized spacial score (nSPS) is 10.0. The quantitative estimate of drug-likeness (QED) is 0.871. The highest BCUT2D eigenvalue weighted by Crippen LogP contribution is 2.36. The van der Waals surface area contributed by atoms with Crippen LogP contribution in [0.5, 0.6) is 11.5 Å². The zero-order valence-corrected chi connectivity index (χ0v) is 9.68. The van der Waals surface area contributed by atoms with Gasteiger partial charge in [0.1, 0.15) is 5.82 Å². The van der Waals surface area contributed by atoms with Crippen LogP contribution in [0.2, 0.25) is 0 Å². The van der Waals surface area contributed by atoms with Crippen LogP contribution in [0.4, 0.5) is 5.82 Å². The molecule has 1 heterocycles. The van der Waals surface area contributed by atoms with E-state index in [2.05, 4.69) is 9.97 Å². The van der Waals surface area contributed by atoms with Crippen LogP contribution in [-0.2, 0) is 0 Å². The first-order valence-corrected chi connectivity index (χ1v) is 5.06. The van der Waals surface area contributed by atoms with Crippen molar-refractivity contribution >= 4 is 5.82 Å². The Kier molecular flexibility index (Phi) is 3.09. The van der Waals surface area contributed by atoms with Crippen LogP contribution < -0.4 is 15.2 Å². The maximum atomic E-state index is 5.63. The van der Waals surface area contributed by atoms with Gasteiger partial charge in [-0.25, -0.2) is 9.97 Å². The molecule has 0 atom stereocenters. The molecule has 0 unspecified atom stereocenters. The third-order valence-electron chi connectivity index (χ3n) is 2.32. The highest BCUT2D eigenvalue weighted by Gasteiger charge is 2.13. The van der Waals surface area contributed by atoms with E-state index in [0.29, 0.717) is 23.1 Å². The first-order valence-electron chi connectivity index (χ1n) is 5.06. The van der Waals surface area contributed by atoms with Gasteiger partial charge in [0.25, 0.3) is 0 Å². The number of nitrogens with two attached hydrogens (primary N) is 1. The summed E-state index contributed by atoms with van der Waals surface area (Å²) >= 11 is 0. The third kappa shape index (κ3) is 2.13. The van der Waals surface area contributed by atoms with Crippen LogP contribution in [0.25, 0.3) is 11.4 Å². The molecule has 2 rings (SSSR count). The molecule has 0 bridgehead atoms. The highest BCUT2D eigenvalue weighted by molar-refractivity contribution is 5.69. The summed E-state index contributed by atoms with van der Waals surface area (Å²) in [5.74, 6) is 2.16. The van der Waals surface area contributed by atoms with Gasteiger partial charge in [-0.2, -0.15) is 0 Å². The van der Waals surface area contributed by atoms with Crippen molar-refractivity contribution in [1.29, 1.82) is 0 Å². The summed E-state index contributed by atoms with van der Waals surface area (Å²) in [6, 6.07) is 7.16. The summed E-state index contributed by atoms with van der Waals surface area (Å²) in [7, 11) is 3.16. The van der Waals surface area contributed by atoms with Crippen LogP contribution in [0.1, 0.15) is 0 Å². The van der Waals surface area contributed by atoms with Gasteiger partial charge in [0.15, 0.2) is 17.3 Å². The molecule has 0 aliphatic heterocycles. The molecule has 2 N–H and O–H groups in total. The number of ether oxygens (including phenoxy) is 2. The van der Waals surface area contributed by atoms with Gasteiger partial charge < -0.3 is 15.2 Å². The number of para-hydroxylation sites is 1. The minimum absolute atomic E-state index is 0.417. The molecule has 0 radical (unpaired) electrons. The second-order valence-corrected chi connectivity index (χ2v) is 3.35. The van der Waals surface area contributed by atoms with Crippen molar-refractivity contribution < 1.29 is 9.47 Å². The number of anilines is 1. The van der Waals surface area contributed by atoms with Gasteiger partial charge in [-0.1, -0.05) is 6.07 Å². The topological polar surface area (TPSA) is 70.3 Å². The van der Waals surface area contributed by atoms with Gasteiger partial charge in [0.05, 0.1) is 19.8 Å².